The van der Waals surface area contributed by atoms with Crippen LogP contribution in [0.5, 0.6) is 0 Å². The number of hydrogen-bond donors (Lipinski definition) is 2. The molecule has 0 fully saturated rings. The maximum absolute atomic E-state index is 12.8. The molecule has 3 N–H and O–H groups in total. The molecule has 130 valence electrons. The predicted molar refractivity (Wildman–Crippen MR) is 98.6 cm³/mol. The van der Waals surface area contributed by atoms with Gasteiger partial charge in [-0.1, -0.05) is 41.7 Å². The Morgan fingerprint density at radius 1 is 1.23 bits per heavy atom. The van der Waals surface area contributed by atoms with E-state index in [-0.39, 0.29) is 5.91 Å². The number of nitrogens with two attached hydrogens (primary N) is 1. The first-order valence-corrected chi connectivity index (χ1v) is 8.66. The molecule has 9 heteroatoms. The van der Waals surface area contributed by atoms with E-state index in [0.717, 1.165) is 16.6 Å². The van der Waals surface area contributed by atoms with Crippen molar-refractivity contribution < 1.29 is 4.79 Å². The Kier molecular flexibility index (Phi) is 4.05. The van der Waals surface area contributed by atoms with Crippen LogP contribution in [0.25, 0.3) is 11.0 Å². The number of benzene rings is 1. The summed E-state index contributed by atoms with van der Waals surface area (Å²) in [4.78, 5) is 17.1. The fraction of sp³-hybridized carbons (Fsp3) is 0.118. The van der Waals surface area contributed by atoms with Gasteiger partial charge in [-0.05, 0) is 11.6 Å². The molecule has 0 radical (unpaired) electrons. The van der Waals surface area contributed by atoms with Gasteiger partial charge in [-0.15, -0.1) is 10.2 Å². The van der Waals surface area contributed by atoms with E-state index in [1.807, 2.05) is 37.4 Å². The number of nitrogens with zero attached hydrogens (tertiary/aromatic N) is 5. The molecule has 1 atom stereocenters. The van der Waals surface area contributed by atoms with Gasteiger partial charge in [-0.25, -0.2) is 0 Å². The third-order valence-electron chi connectivity index (χ3n) is 3.97. The molecule has 0 aliphatic heterocycles. The molecule has 1 amide bonds. The number of aryl methyl sites for hydroxylation is 1. The number of fused-ring (bicyclic) bond motifs is 1. The van der Waals surface area contributed by atoms with Crippen LogP contribution in [-0.4, -0.2) is 30.9 Å². The highest BCUT2D eigenvalue weighted by Gasteiger charge is 2.22. The van der Waals surface area contributed by atoms with Crippen molar-refractivity contribution in [3.63, 3.8) is 0 Å². The van der Waals surface area contributed by atoms with Gasteiger partial charge < -0.3 is 11.1 Å². The highest BCUT2D eigenvalue weighted by atomic mass is 32.1. The molecule has 3 aromatic heterocycles. The van der Waals surface area contributed by atoms with Crippen LogP contribution >= 0.6 is 11.3 Å². The molecule has 26 heavy (non-hydrogen) atoms. The predicted octanol–water partition coefficient (Wildman–Crippen LogP) is 1.92. The van der Waals surface area contributed by atoms with Crippen LogP contribution in [0, 0.1) is 0 Å². The molecule has 0 saturated carbocycles. The van der Waals surface area contributed by atoms with Crippen molar-refractivity contribution >= 4 is 33.4 Å². The minimum Gasteiger partial charge on any atom is -0.374 e. The Labute approximate surface area is 152 Å². The van der Waals surface area contributed by atoms with E-state index in [4.69, 9.17) is 5.73 Å². The number of nitrogen functional groups attached to an aromatic ring is 1. The number of hydrogen-bond acceptors (Lipinski definition) is 7. The van der Waals surface area contributed by atoms with Crippen LogP contribution in [-0.2, 0) is 7.05 Å². The SMILES string of the molecule is Cn1ncc2ncc(C(=O)NC(c3ccccc3)c3nnc(N)s3)cc21. The van der Waals surface area contributed by atoms with Crippen molar-refractivity contribution in [2.75, 3.05) is 5.73 Å². The van der Waals surface area contributed by atoms with Gasteiger partial charge >= 0.3 is 0 Å². The number of amides is 1. The summed E-state index contributed by atoms with van der Waals surface area (Å²) in [5.74, 6) is -0.261. The van der Waals surface area contributed by atoms with Gasteiger partial charge in [0.15, 0.2) is 0 Å². The Balaban J connectivity index is 1.68. The van der Waals surface area contributed by atoms with Crippen molar-refractivity contribution in [1.29, 1.82) is 0 Å². The zero-order chi connectivity index (χ0) is 18.1. The van der Waals surface area contributed by atoms with Gasteiger partial charge in [0.25, 0.3) is 5.91 Å². The van der Waals surface area contributed by atoms with E-state index in [1.165, 1.54) is 17.5 Å². The van der Waals surface area contributed by atoms with Crippen LogP contribution < -0.4 is 11.1 Å². The fourth-order valence-corrected chi connectivity index (χ4v) is 3.35. The van der Waals surface area contributed by atoms with Gasteiger partial charge in [0.2, 0.25) is 5.13 Å². The summed E-state index contributed by atoms with van der Waals surface area (Å²) < 4.78 is 1.68. The molecule has 0 aliphatic rings. The summed E-state index contributed by atoms with van der Waals surface area (Å²) in [5, 5.41) is 16.1. The average molecular weight is 365 g/mol. The lowest BCUT2D eigenvalue weighted by atomic mass is 10.1. The minimum absolute atomic E-state index is 0.261. The van der Waals surface area contributed by atoms with Crippen molar-refractivity contribution in [2.45, 2.75) is 6.04 Å². The number of carbonyl (C=O) groups is 1. The van der Waals surface area contributed by atoms with Crippen molar-refractivity contribution in [1.82, 2.24) is 30.3 Å². The molecule has 0 saturated heterocycles. The summed E-state index contributed by atoms with van der Waals surface area (Å²) in [7, 11) is 1.81. The van der Waals surface area contributed by atoms with Gasteiger partial charge in [-0.2, -0.15) is 5.10 Å². The topological polar surface area (TPSA) is 112 Å². The van der Waals surface area contributed by atoms with E-state index >= 15 is 0 Å². The van der Waals surface area contributed by atoms with E-state index in [1.54, 1.807) is 16.9 Å². The van der Waals surface area contributed by atoms with Gasteiger partial charge in [0, 0.05) is 13.2 Å². The molecule has 1 aromatic carbocycles. The second-order valence-electron chi connectivity index (χ2n) is 5.69. The van der Waals surface area contributed by atoms with Crippen LogP contribution in [0.4, 0.5) is 5.13 Å². The van der Waals surface area contributed by atoms with Crippen molar-refractivity contribution in [3.8, 4) is 0 Å². The number of aromatic nitrogens is 5. The monoisotopic (exact) mass is 365 g/mol. The largest absolute Gasteiger partial charge is 0.374 e. The smallest absolute Gasteiger partial charge is 0.253 e. The molecule has 1 unspecified atom stereocenters. The second-order valence-corrected chi connectivity index (χ2v) is 6.73. The lowest BCUT2D eigenvalue weighted by Gasteiger charge is -2.16. The number of rotatable bonds is 4. The van der Waals surface area contributed by atoms with Gasteiger partial charge in [-0.3, -0.25) is 14.5 Å². The minimum atomic E-state index is -0.444. The summed E-state index contributed by atoms with van der Waals surface area (Å²) >= 11 is 1.25. The molecule has 0 spiro atoms. The molecular weight excluding hydrogens is 350 g/mol. The highest BCUT2D eigenvalue weighted by Crippen LogP contribution is 2.26. The summed E-state index contributed by atoms with van der Waals surface area (Å²) in [6, 6.07) is 10.9. The molecule has 4 aromatic rings. The summed E-state index contributed by atoms with van der Waals surface area (Å²) in [6.45, 7) is 0. The Morgan fingerprint density at radius 2 is 2.04 bits per heavy atom. The van der Waals surface area contributed by atoms with Crippen LogP contribution in [0.2, 0.25) is 0 Å². The number of anilines is 1. The molecule has 0 bridgehead atoms. The van der Waals surface area contributed by atoms with Crippen molar-refractivity contribution in [3.05, 3.63) is 64.9 Å². The normalized spacial score (nSPS) is 12.2. The molecule has 8 nitrogen and oxygen atoms in total. The van der Waals surface area contributed by atoms with Gasteiger partial charge in [0.1, 0.15) is 16.6 Å². The first-order chi connectivity index (χ1) is 12.6. The Hall–Kier alpha value is -3.33. The highest BCUT2D eigenvalue weighted by molar-refractivity contribution is 7.15. The first-order valence-electron chi connectivity index (χ1n) is 7.84. The van der Waals surface area contributed by atoms with Crippen LogP contribution in [0.15, 0.2) is 48.8 Å². The van der Waals surface area contributed by atoms with Crippen LogP contribution in [0.1, 0.15) is 27.0 Å². The molecule has 3 heterocycles. The Morgan fingerprint density at radius 3 is 2.77 bits per heavy atom. The second kappa shape index (κ2) is 6.52. The summed E-state index contributed by atoms with van der Waals surface area (Å²) in [5.41, 5.74) is 8.58. The molecular formula is C17H15N7OS. The zero-order valence-electron chi connectivity index (χ0n) is 13.8. The zero-order valence-corrected chi connectivity index (χ0v) is 14.6. The van der Waals surface area contributed by atoms with Crippen molar-refractivity contribution in [2.24, 2.45) is 7.05 Å². The lowest BCUT2D eigenvalue weighted by molar-refractivity contribution is 0.0942. The van der Waals surface area contributed by atoms with Gasteiger partial charge in [0.05, 0.1) is 17.3 Å². The third-order valence-corrected chi connectivity index (χ3v) is 4.79. The van der Waals surface area contributed by atoms with E-state index in [2.05, 4.69) is 25.6 Å². The maximum Gasteiger partial charge on any atom is 0.253 e. The quantitative estimate of drug-likeness (QED) is 0.571. The van der Waals surface area contributed by atoms with E-state index in [0.29, 0.717) is 15.7 Å². The molecule has 4 rings (SSSR count). The number of pyridine rings is 1. The first kappa shape index (κ1) is 16.2. The van der Waals surface area contributed by atoms with E-state index < -0.39 is 6.04 Å². The molecule has 0 aliphatic carbocycles. The number of carbonyl (C=O) groups excluding carboxylic acids is 1. The maximum atomic E-state index is 12.8. The third kappa shape index (κ3) is 3.00. The fourth-order valence-electron chi connectivity index (χ4n) is 2.66. The Bertz CT molecular complexity index is 1070. The summed E-state index contributed by atoms with van der Waals surface area (Å²) in [6.07, 6.45) is 3.20. The number of nitrogens with one attached hydrogen (secondary N) is 1. The van der Waals surface area contributed by atoms with Crippen LogP contribution in [0.3, 0.4) is 0 Å². The lowest BCUT2D eigenvalue weighted by Crippen LogP contribution is -2.29. The average Bonchev–Trinajstić information content (AvgIpc) is 3.26. The standard InChI is InChI=1S/C17H15N7OS/c1-24-13-7-11(8-19-12(13)9-20-24)15(25)21-14(10-5-3-2-4-6-10)16-22-23-17(18)26-16/h2-9,14H,1H3,(H2,18,23)(H,21,25). The van der Waals surface area contributed by atoms with E-state index in [9.17, 15) is 4.79 Å².